The van der Waals surface area contributed by atoms with Crippen molar-refractivity contribution in [2.75, 3.05) is 28.4 Å². The molecule has 9 rings (SSSR count). The third kappa shape index (κ3) is 3.64. The molecule has 0 unspecified atom stereocenters. The summed E-state index contributed by atoms with van der Waals surface area (Å²) in [5.41, 5.74) is 3.60. The number of aromatic nitrogens is 12. The van der Waals surface area contributed by atoms with Gasteiger partial charge in [-0.3, -0.25) is 0 Å². The van der Waals surface area contributed by atoms with Crippen LogP contribution in [0, 0.1) is 0 Å². The third-order valence-electron chi connectivity index (χ3n) is 7.68. The van der Waals surface area contributed by atoms with Crippen LogP contribution in [0.1, 0.15) is 0 Å². The summed E-state index contributed by atoms with van der Waals surface area (Å²) < 4.78 is 41.0. The fraction of sp³-hybridized carbons (Fsp3) is 0.143. The first-order chi connectivity index (χ1) is 22.6. The fourth-order valence-electron chi connectivity index (χ4n) is 5.67. The number of benzene rings is 2. The number of methoxy groups -OCH3 is 4. The van der Waals surface area contributed by atoms with Gasteiger partial charge < -0.3 is 28.9 Å². The van der Waals surface area contributed by atoms with Crippen LogP contribution in [0.5, 0.6) is 23.0 Å². The molecule has 8 bridgehead atoms. The molecule has 7 heterocycles. The van der Waals surface area contributed by atoms with E-state index in [9.17, 15) is 0 Å². The van der Waals surface area contributed by atoms with Crippen molar-refractivity contribution in [2.45, 2.75) is 0 Å². The van der Waals surface area contributed by atoms with E-state index in [1.54, 1.807) is 52.7 Å². The summed E-state index contributed by atoms with van der Waals surface area (Å²) in [7, 11) is 6.33. The van der Waals surface area contributed by atoms with Crippen molar-refractivity contribution >= 4 is 67.6 Å². The van der Waals surface area contributed by atoms with E-state index >= 15 is 0 Å². The second kappa shape index (κ2) is 9.81. The maximum atomic E-state index is 5.75. The van der Waals surface area contributed by atoms with Gasteiger partial charge in [0.25, 0.3) is 0 Å². The van der Waals surface area contributed by atoms with Crippen LogP contribution in [0.25, 0.3) is 90.2 Å². The van der Waals surface area contributed by atoms with Gasteiger partial charge in [0.05, 0.1) is 73.4 Å². The Kier molecular flexibility index (Phi) is 5.66. The van der Waals surface area contributed by atoms with Crippen LogP contribution >= 0.6 is 23.5 Å². The van der Waals surface area contributed by atoms with Gasteiger partial charge in [-0.1, -0.05) is 0 Å². The molecule has 18 heteroatoms. The summed E-state index contributed by atoms with van der Waals surface area (Å²) in [6.07, 6.45) is 0. The molecule has 7 aromatic rings. The van der Waals surface area contributed by atoms with Gasteiger partial charge in [-0.05, 0) is 24.3 Å². The van der Waals surface area contributed by atoms with Crippen LogP contribution in [0.3, 0.4) is 0 Å². The number of aromatic amines is 2. The van der Waals surface area contributed by atoms with E-state index in [1.807, 2.05) is 0 Å². The lowest BCUT2D eigenvalue weighted by Gasteiger charge is -2.06. The first-order valence-corrected chi connectivity index (χ1v) is 15.0. The maximum Gasteiger partial charge on any atom is 0.185 e. The Morgan fingerprint density at radius 2 is 0.674 bits per heavy atom. The minimum absolute atomic E-state index is 0.305. The van der Waals surface area contributed by atoms with Crippen LogP contribution in [-0.4, -0.2) is 85.8 Å². The van der Waals surface area contributed by atoms with Gasteiger partial charge in [0.2, 0.25) is 0 Å². The maximum absolute atomic E-state index is 5.75. The summed E-state index contributed by atoms with van der Waals surface area (Å²) >= 11 is 2.08. The molecule has 16 nitrogen and oxygen atoms in total. The van der Waals surface area contributed by atoms with E-state index < -0.39 is 0 Å². The molecule has 46 heavy (non-hydrogen) atoms. The van der Waals surface area contributed by atoms with Crippen molar-refractivity contribution in [1.82, 2.24) is 57.4 Å². The molecule has 2 aliphatic rings. The van der Waals surface area contributed by atoms with E-state index in [2.05, 4.69) is 27.5 Å². The molecule has 0 amide bonds. The van der Waals surface area contributed by atoms with Gasteiger partial charge in [0.15, 0.2) is 46.1 Å². The highest BCUT2D eigenvalue weighted by Gasteiger charge is 2.28. The number of nitrogens with one attached hydrogen (secondary N) is 2. The molecule has 0 spiro atoms. The zero-order valence-corrected chi connectivity index (χ0v) is 25.9. The lowest BCUT2D eigenvalue weighted by molar-refractivity contribution is 0.411. The fourth-order valence-corrected chi connectivity index (χ4v) is 6.75. The Hall–Kier alpha value is -5.88. The second-order valence-corrected chi connectivity index (χ2v) is 11.0. The van der Waals surface area contributed by atoms with Gasteiger partial charge in [-0.25, -0.2) is 29.9 Å². The molecule has 226 valence electrons. The smallest absolute Gasteiger partial charge is 0.185 e. The van der Waals surface area contributed by atoms with E-state index in [0.29, 0.717) is 113 Å². The second-order valence-electron chi connectivity index (χ2n) is 9.97. The minimum atomic E-state index is 0.305. The van der Waals surface area contributed by atoms with Crippen LogP contribution < -0.4 is 18.9 Å². The molecule has 0 saturated carbocycles. The predicted octanol–water partition coefficient (Wildman–Crippen LogP) is 4.61. The van der Waals surface area contributed by atoms with Crippen LogP contribution in [0.2, 0.25) is 0 Å². The molecule has 0 saturated heterocycles. The molecular formula is C28H18N12O4S2. The Morgan fingerprint density at radius 1 is 0.413 bits per heavy atom. The topological polar surface area (TPSA) is 197 Å². The van der Waals surface area contributed by atoms with Gasteiger partial charge in [0, 0.05) is 0 Å². The lowest BCUT2D eigenvalue weighted by atomic mass is 10.1. The predicted molar refractivity (Wildman–Crippen MR) is 169 cm³/mol. The molecular weight excluding hydrogens is 633 g/mol. The Morgan fingerprint density at radius 3 is 0.913 bits per heavy atom. The Bertz CT molecular complexity index is 2230. The molecule has 5 aromatic heterocycles. The van der Waals surface area contributed by atoms with E-state index in [-0.39, 0.29) is 0 Å². The van der Waals surface area contributed by atoms with Crippen LogP contribution in [0.4, 0.5) is 0 Å². The molecule has 0 aliphatic carbocycles. The number of fused-ring (bicyclic) bond motifs is 20. The Labute approximate surface area is 265 Å². The quantitative estimate of drug-likeness (QED) is 0.268. The lowest BCUT2D eigenvalue weighted by Crippen LogP contribution is -1.89. The van der Waals surface area contributed by atoms with Crippen molar-refractivity contribution in [2.24, 2.45) is 0 Å². The number of rotatable bonds is 4. The van der Waals surface area contributed by atoms with E-state index in [1.165, 1.54) is 0 Å². The minimum Gasteiger partial charge on any atom is -0.496 e. The summed E-state index contributed by atoms with van der Waals surface area (Å²) in [6, 6.07) is 7.20. The SMILES string of the molecule is COc1ccc(OC)c2c3nc4nc(nc5[nH]c(nc6nc(nc([nH]3)c12)-c1nsnc1-6)c1c(OC)ccc(OC)c51)-c1nsnc1-4. The van der Waals surface area contributed by atoms with Crippen molar-refractivity contribution in [3.8, 4) is 69.1 Å². The molecule has 2 aromatic carbocycles. The molecule has 0 radical (unpaired) electrons. The van der Waals surface area contributed by atoms with Crippen LogP contribution in [-0.2, 0) is 0 Å². The largest absolute Gasteiger partial charge is 0.496 e. The number of hydrogen-bond donors (Lipinski definition) is 2. The number of nitrogens with zero attached hydrogens (tertiary/aromatic N) is 10. The first-order valence-electron chi connectivity index (χ1n) is 13.6. The van der Waals surface area contributed by atoms with E-state index in [4.69, 9.17) is 48.9 Å². The Balaban J connectivity index is 1.53. The molecule has 0 atom stereocenters. The van der Waals surface area contributed by atoms with Crippen molar-refractivity contribution in [3.63, 3.8) is 0 Å². The van der Waals surface area contributed by atoms with Crippen LogP contribution in [0.15, 0.2) is 24.3 Å². The zero-order chi connectivity index (χ0) is 31.1. The number of H-pyrrole nitrogens is 2. The first kappa shape index (κ1) is 26.5. The standard InChI is InChI=1S/C28H18N12O4S2/c1-41-9-5-6-10(42-2)14-13(9)21-29-22(14)32-26-19-20(40-46-39-19)28(36-26)34-24-16-12(44-4)8-7-11(43-3)15(16)23(30-24)33-27-18-17(37-45-38-18)25(31-21)35-27/h5-8H,1-4H3,(H2,29,30,31,32,33,34,35,36). The zero-order valence-electron chi connectivity index (χ0n) is 24.2. The highest BCUT2D eigenvalue weighted by atomic mass is 32.1. The van der Waals surface area contributed by atoms with Gasteiger partial charge in [0.1, 0.15) is 45.6 Å². The summed E-state index contributed by atoms with van der Waals surface area (Å²) in [4.78, 5) is 35.9. The van der Waals surface area contributed by atoms with Gasteiger partial charge in [-0.15, -0.1) is 0 Å². The highest BCUT2D eigenvalue weighted by Crippen LogP contribution is 2.42. The summed E-state index contributed by atoms with van der Waals surface area (Å²) in [5.74, 6) is 3.41. The normalized spacial score (nSPS) is 11.9. The van der Waals surface area contributed by atoms with E-state index in [0.717, 1.165) is 23.5 Å². The monoisotopic (exact) mass is 650 g/mol. The average molecular weight is 651 g/mol. The third-order valence-corrected chi connectivity index (χ3v) is 8.73. The molecule has 0 fully saturated rings. The van der Waals surface area contributed by atoms with Gasteiger partial charge in [-0.2, -0.15) is 17.5 Å². The average Bonchev–Trinajstić information content (AvgIpc) is 3.92. The summed E-state index contributed by atoms with van der Waals surface area (Å²) in [6.45, 7) is 0. The van der Waals surface area contributed by atoms with Crippen molar-refractivity contribution in [1.29, 1.82) is 0 Å². The summed E-state index contributed by atoms with van der Waals surface area (Å²) in [5, 5.41) is 2.51. The van der Waals surface area contributed by atoms with Crippen molar-refractivity contribution < 1.29 is 18.9 Å². The molecule has 2 aliphatic heterocycles. The highest BCUT2D eigenvalue weighted by molar-refractivity contribution is 6.99. The number of hydrogen-bond acceptors (Lipinski definition) is 16. The number of ether oxygens (including phenoxy) is 4. The van der Waals surface area contributed by atoms with Crippen molar-refractivity contribution in [3.05, 3.63) is 24.3 Å². The molecule has 2 N–H and O–H groups in total. The van der Waals surface area contributed by atoms with Gasteiger partial charge >= 0.3 is 0 Å².